The Bertz CT molecular complexity index is 387. The van der Waals surface area contributed by atoms with E-state index in [-0.39, 0.29) is 6.04 Å². The molecule has 1 aromatic rings. The summed E-state index contributed by atoms with van der Waals surface area (Å²) in [6.45, 7) is 3.46. The first kappa shape index (κ1) is 14.0. The fourth-order valence-corrected chi connectivity index (χ4v) is 1.81. The Morgan fingerprint density at radius 1 is 1.41 bits per heavy atom. The van der Waals surface area contributed by atoms with Crippen molar-refractivity contribution < 1.29 is 9.90 Å². The number of carboxylic acids is 1. The lowest BCUT2D eigenvalue weighted by Gasteiger charge is -2.26. The number of halogens is 1. The highest BCUT2D eigenvalue weighted by atomic mass is 35.5. The highest BCUT2D eigenvalue weighted by Crippen LogP contribution is 2.30. The van der Waals surface area contributed by atoms with Crippen LogP contribution in [0.25, 0.3) is 0 Å². The van der Waals surface area contributed by atoms with E-state index in [1.54, 1.807) is 13.8 Å². The van der Waals surface area contributed by atoms with Gasteiger partial charge in [0.25, 0.3) is 0 Å². The summed E-state index contributed by atoms with van der Waals surface area (Å²) < 4.78 is 0. The minimum atomic E-state index is -0.785. The topological polar surface area (TPSA) is 49.3 Å². The number of nitrogens with one attached hydrogen (secondary N) is 1. The van der Waals surface area contributed by atoms with Gasteiger partial charge in [0.15, 0.2) is 0 Å². The highest BCUT2D eigenvalue weighted by molar-refractivity contribution is 6.30. The molecule has 94 valence electrons. The van der Waals surface area contributed by atoms with Crippen LogP contribution in [0, 0.1) is 5.41 Å². The van der Waals surface area contributed by atoms with Gasteiger partial charge in [0.1, 0.15) is 0 Å². The summed E-state index contributed by atoms with van der Waals surface area (Å²) >= 11 is 5.83. The predicted octanol–water partition coefficient (Wildman–Crippen LogP) is 3.10. The van der Waals surface area contributed by atoms with Crippen molar-refractivity contribution in [3.63, 3.8) is 0 Å². The van der Waals surface area contributed by atoms with Crippen molar-refractivity contribution in [2.24, 2.45) is 5.41 Å². The molecule has 0 fully saturated rings. The molecule has 0 spiro atoms. The lowest BCUT2D eigenvalue weighted by atomic mass is 9.83. The molecule has 17 heavy (non-hydrogen) atoms. The van der Waals surface area contributed by atoms with Crippen LogP contribution in [0.3, 0.4) is 0 Å². The Morgan fingerprint density at radius 2 is 1.94 bits per heavy atom. The summed E-state index contributed by atoms with van der Waals surface area (Å²) in [5.41, 5.74) is 0.291. The third kappa shape index (κ3) is 3.72. The van der Waals surface area contributed by atoms with Crippen LogP contribution in [0.2, 0.25) is 5.02 Å². The first-order valence-corrected chi connectivity index (χ1v) is 5.91. The van der Waals surface area contributed by atoms with Gasteiger partial charge in [-0.05, 0) is 45.0 Å². The van der Waals surface area contributed by atoms with E-state index < -0.39 is 11.4 Å². The Balaban J connectivity index is 2.86. The fourth-order valence-electron chi connectivity index (χ4n) is 1.68. The highest BCUT2D eigenvalue weighted by Gasteiger charge is 2.30. The molecule has 1 rings (SSSR count). The van der Waals surface area contributed by atoms with Gasteiger partial charge < -0.3 is 10.4 Å². The number of benzene rings is 1. The summed E-state index contributed by atoms with van der Waals surface area (Å²) in [7, 11) is 1.83. The second-order valence-electron chi connectivity index (χ2n) is 4.79. The molecule has 0 amide bonds. The minimum Gasteiger partial charge on any atom is -0.481 e. The first-order valence-electron chi connectivity index (χ1n) is 5.53. The Hall–Kier alpha value is -1.06. The second-order valence-corrected chi connectivity index (χ2v) is 5.22. The molecule has 0 aliphatic heterocycles. The Kier molecular flexibility index (Phi) is 4.54. The standard InChI is InChI=1S/C13H18ClNO2/c1-13(2,12(16)17)8-11(15-3)9-4-6-10(14)7-5-9/h4-7,11,15H,8H2,1-3H3,(H,16,17). The van der Waals surface area contributed by atoms with E-state index in [0.29, 0.717) is 11.4 Å². The maximum Gasteiger partial charge on any atom is 0.309 e. The zero-order valence-corrected chi connectivity index (χ0v) is 11.1. The third-order valence-electron chi connectivity index (χ3n) is 2.91. The van der Waals surface area contributed by atoms with Crippen molar-refractivity contribution in [2.45, 2.75) is 26.3 Å². The van der Waals surface area contributed by atoms with Crippen molar-refractivity contribution in [1.82, 2.24) is 5.32 Å². The average molecular weight is 256 g/mol. The molecule has 0 aliphatic carbocycles. The van der Waals surface area contributed by atoms with Crippen LogP contribution in [0.4, 0.5) is 0 Å². The molecule has 0 saturated carbocycles. The van der Waals surface area contributed by atoms with Crippen molar-refractivity contribution in [2.75, 3.05) is 7.05 Å². The predicted molar refractivity (Wildman–Crippen MR) is 69.3 cm³/mol. The fraction of sp³-hybridized carbons (Fsp3) is 0.462. The molecule has 0 bridgehead atoms. The van der Waals surface area contributed by atoms with Crippen LogP contribution >= 0.6 is 11.6 Å². The van der Waals surface area contributed by atoms with Gasteiger partial charge in [0.2, 0.25) is 0 Å². The van der Waals surface area contributed by atoms with E-state index in [0.717, 1.165) is 5.56 Å². The molecule has 4 heteroatoms. The molecular formula is C13H18ClNO2. The van der Waals surface area contributed by atoms with Crippen molar-refractivity contribution in [3.05, 3.63) is 34.9 Å². The van der Waals surface area contributed by atoms with Crippen molar-refractivity contribution >= 4 is 17.6 Å². The molecule has 0 heterocycles. The average Bonchev–Trinajstić information content (AvgIpc) is 2.27. The molecule has 2 N–H and O–H groups in total. The molecule has 0 radical (unpaired) electrons. The summed E-state index contributed by atoms with van der Waals surface area (Å²) in [6.07, 6.45) is 0.528. The number of aliphatic carboxylic acids is 1. The smallest absolute Gasteiger partial charge is 0.309 e. The number of hydrogen-bond donors (Lipinski definition) is 2. The maximum atomic E-state index is 11.1. The quantitative estimate of drug-likeness (QED) is 0.850. The number of hydrogen-bond acceptors (Lipinski definition) is 2. The number of rotatable bonds is 5. The monoisotopic (exact) mass is 255 g/mol. The van der Waals surface area contributed by atoms with E-state index in [2.05, 4.69) is 5.32 Å². The number of carboxylic acid groups (broad SMARTS) is 1. The summed E-state index contributed by atoms with van der Waals surface area (Å²) in [5, 5.41) is 13.0. The number of carbonyl (C=O) groups is 1. The van der Waals surface area contributed by atoms with E-state index in [9.17, 15) is 4.79 Å². The van der Waals surface area contributed by atoms with Gasteiger partial charge in [0, 0.05) is 11.1 Å². The van der Waals surface area contributed by atoms with E-state index in [4.69, 9.17) is 16.7 Å². The summed E-state index contributed by atoms with van der Waals surface area (Å²) in [6, 6.07) is 7.48. The SMILES string of the molecule is CNC(CC(C)(C)C(=O)O)c1ccc(Cl)cc1. The lowest BCUT2D eigenvalue weighted by molar-refractivity contribution is -0.147. The van der Waals surface area contributed by atoms with Crippen LogP contribution in [0.5, 0.6) is 0 Å². The second kappa shape index (κ2) is 5.52. The van der Waals surface area contributed by atoms with Gasteiger partial charge in [0.05, 0.1) is 5.41 Å². The largest absolute Gasteiger partial charge is 0.481 e. The molecule has 1 aromatic carbocycles. The zero-order chi connectivity index (χ0) is 13.1. The van der Waals surface area contributed by atoms with E-state index in [1.165, 1.54) is 0 Å². The van der Waals surface area contributed by atoms with Gasteiger partial charge in [-0.15, -0.1) is 0 Å². The van der Waals surface area contributed by atoms with Crippen LogP contribution in [0.1, 0.15) is 31.9 Å². The molecule has 0 saturated heterocycles. The van der Waals surface area contributed by atoms with Crippen LogP contribution in [-0.2, 0) is 4.79 Å². The van der Waals surface area contributed by atoms with E-state index in [1.807, 2.05) is 31.3 Å². The van der Waals surface area contributed by atoms with Gasteiger partial charge in [-0.1, -0.05) is 23.7 Å². The van der Waals surface area contributed by atoms with Gasteiger partial charge in [-0.2, -0.15) is 0 Å². The molecule has 0 aliphatic rings. The molecule has 0 aromatic heterocycles. The zero-order valence-electron chi connectivity index (χ0n) is 10.3. The molecule has 1 atom stereocenters. The minimum absolute atomic E-state index is 0.0124. The Morgan fingerprint density at radius 3 is 2.35 bits per heavy atom. The van der Waals surface area contributed by atoms with Crippen LogP contribution < -0.4 is 5.32 Å². The molecule has 3 nitrogen and oxygen atoms in total. The molecular weight excluding hydrogens is 238 g/mol. The maximum absolute atomic E-state index is 11.1. The normalized spacial score (nSPS) is 13.4. The lowest BCUT2D eigenvalue weighted by Crippen LogP contribution is -2.30. The van der Waals surface area contributed by atoms with Crippen LogP contribution in [0.15, 0.2) is 24.3 Å². The van der Waals surface area contributed by atoms with Crippen molar-refractivity contribution in [3.8, 4) is 0 Å². The van der Waals surface area contributed by atoms with E-state index >= 15 is 0 Å². The first-order chi connectivity index (χ1) is 7.86. The Labute approximate surface area is 107 Å². The van der Waals surface area contributed by atoms with Gasteiger partial charge in [-0.25, -0.2) is 0 Å². The van der Waals surface area contributed by atoms with Crippen molar-refractivity contribution in [1.29, 1.82) is 0 Å². The third-order valence-corrected chi connectivity index (χ3v) is 3.17. The summed E-state index contributed by atoms with van der Waals surface area (Å²) in [5.74, 6) is -0.785. The van der Waals surface area contributed by atoms with Gasteiger partial charge in [-0.3, -0.25) is 4.79 Å². The van der Waals surface area contributed by atoms with Gasteiger partial charge >= 0.3 is 5.97 Å². The summed E-state index contributed by atoms with van der Waals surface area (Å²) in [4.78, 5) is 11.1. The van der Waals surface area contributed by atoms with Crippen LogP contribution in [-0.4, -0.2) is 18.1 Å². The molecule has 1 unspecified atom stereocenters.